The molecule has 2 atom stereocenters. The maximum absolute atomic E-state index is 13.7. The van der Waals surface area contributed by atoms with Gasteiger partial charge in [-0.15, -0.1) is 11.3 Å². The van der Waals surface area contributed by atoms with E-state index in [4.69, 9.17) is 0 Å². The van der Waals surface area contributed by atoms with Crippen molar-refractivity contribution >= 4 is 23.2 Å². The lowest BCUT2D eigenvalue weighted by Gasteiger charge is -2.32. The minimum Gasteiger partial charge on any atom is -0.338 e. The number of nitrogens with zero attached hydrogens (tertiary/aromatic N) is 4. The van der Waals surface area contributed by atoms with Crippen LogP contribution in [0.25, 0.3) is 0 Å². The number of carbonyl (C=O) groups is 2. The number of halogens is 1. The zero-order valence-corrected chi connectivity index (χ0v) is 20.9. The van der Waals surface area contributed by atoms with E-state index in [1.54, 1.807) is 52.9 Å². The van der Waals surface area contributed by atoms with Gasteiger partial charge in [-0.05, 0) is 47.7 Å². The second-order valence-electron chi connectivity index (χ2n) is 9.29. The van der Waals surface area contributed by atoms with E-state index in [1.165, 1.54) is 17.0 Å². The Morgan fingerprint density at radius 3 is 2.58 bits per heavy atom. The standard InChI is InChI=1S/C27H30FN5O2S/c28-22-7-5-20(6-8-22)17-32(19-24-4-2-14-36-24)23-15-25(27(35)31-12-10-29-11-13-31)33(18-23)26(34)21-3-1-9-30-16-21/h1-9,14,16,23,25,29H,10-13,15,17-19H2. The lowest BCUT2D eigenvalue weighted by atomic mass is 10.1. The Morgan fingerprint density at radius 1 is 1.08 bits per heavy atom. The van der Waals surface area contributed by atoms with E-state index in [2.05, 4.69) is 26.6 Å². The van der Waals surface area contributed by atoms with E-state index in [-0.39, 0.29) is 23.7 Å². The summed E-state index contributed by atoms with van der Waals surface area (Å²) in [5, 5.41) is 5.34. The predicted molar refractivity (Wildman–Crippen MR) is 137 cm³/mol. The van der Waals surface area contributed by atoms with E-state index < -0.39 is 6.04 Å². The summed E-state index contributed by atoms with van der Waals surface area (Å²) in [5.74, 6) is -0.426. The Morgan fingerprint density at radius 2 is 1.89 bits per heavy atom. The minimum absolute atomic E-state index is 0.00842. The first-order chi connectivity index (χ1) is 17.6. The highest BCUT2D eigenvalue weighted by molar-refractivity contribution is 7.09. The molecule has 2 aliphatic rings. The lowest BCUT2D eigenvalue weighted by molar-refractivity contribution is -0.135. The number of benzene rings is 1. The summed E-state index contributed by atoms with van der Waals surface area (Å²) >= 11 is 1.68. The van der Waals surface area contributed by atoms with Gasteiger partial charge >= 0.3 is 0 Å². The van der Waals surface area contributed by atoms with Crippen molar-refractivity contribution in [3.63, 3.8) is 0 Å². The Bertz CT molecular complexity index is 1150. The van der Waals surface area contributed by atoms with Crippen LogP contribution in [0.1, 0.15) is 27.2 Å². The molecule has 0 bridgehead atoms. The normalized spacial score (nSPS) is 20.2. The summed E-state index contributed by atoms with van der Waals surface area (Å²) in [4.78, 5) is 38.5. The molecule has 9 heteroatoms. The van der Waals surface area contributed by atoms with Crippen LogP contribution in [0, 0.1) is 5.82 Å². The van der Waals surface area contributed by atoms with Crippen LogP contribution in [0.15, 0.2) is 66.3 Å². The van der Waals surface area contributed by atoms with Crippen molar-refractivity contribution in [1.82, 2.24) is 25.0 Å². The van der Waals surface area contributed by atoms with Crippen LogP contribution >= 0.6 is 11.3 Å². The maximum atomic E-state index is 13.7. The van der Waals surface area contributed by atoms with Crippen molar-refractivity contribution in [2.45, 2.75) is 31.6 Å². The number of carbonyl (C=O) groups excluding carboxylic acids is 2. The third-order valence-corrected chi connectivity index (χ3v) is 7.78. The second kappa shape index (κ2) is 11.3. The molecule has 4 heterocycles. The van der Waals surface area contributed by atoms with E-state index in [9.17, 15) is 14.0 Å². The summed E-state index contributed by atoms with van der Waals surface area (Å²) in [6, 6.07) is 13.6. The van der Waals surface area contributed by atoms with Crippen LogP contribution in [-0.2, 0) is 17.9 Å². The smallest absolute Gasteiger partial charge is 0.256 e. The molecule has 0 saturated carbocycles. The molecule has 7 nitrogen and oxygen atoms in total. The summed E-state index contributed by atoms with van der Waals surface area (Å²) in [7, 11) is 0. The van der Waals surface area contributed by atoms with Crippen LogP contribution in [0.5, 0.6) is 0 Å². The van der Waals surface area contributed by atoms with Gasteiger partial charge in [-0.2, -0.15) is 0 Å². The number of rotatable bonds is 7. The molecule has 3 aromatic rings. The van der Waals surface area contributed by atoms with Crippen molar-refractivity contribution in [3.05, 3.63) is 88.1 Å². The molecule has 2 aromatic heterocycles. The molecule has 0 aliphatic carbocycles. The number of aromatic nitrogens is 1. The van der Waals surface area contributed by atoms with Gasteiger partial charge in [0.05, 0.1) is 5.56 Å². The van der Waals surface area contributed by atoms with E-state index >= 15 is 0 Å². The molecular weight excluding hydrogens is 477 g/mol. The molecule has 2 fully saturated rings. The second-order valence-corrected chi connectivity index (χ2v) is 10.3. The molecule has 1 N–H and O–H groups in total. The first-order valence-corrected chi connectivity index (χ1v) is 13.2. The summed E-state index contributed by atoms with van der Waals surface area (Å²) in [5.41, 5.74) is 1.48. The first kappa shape index (κ1) is 24.5. The summed E-state index contributed by atoms with van der Waals surface area (Å²) in [6.45, 7) is 4.55. The van der Waals surface area contributed by atoms with Crippen LogP contribution < -0.4 is 5.32 Å². The van der Waals surface area contributed by atoms with Crippen LogP contribution in [-0.4, -0.2) is 76.3 Å². The minimum atomic E-state index is -0.528. The topological polar surface area (TPSA) is 68.8 Å². The van der Waals surface area contributed by atoms with Gasteiger partial charge in [-0.1, -0.05) is 18.2 Å². The van der Waals surface area contributed by atoms with Gasteiger partial charge < -0.3 is 15.1 Å². The highest BCUT2D eigenvalue weighted by atomic mass is 32.1. The number of likely N-dealkylation sites (tertiary alicyclic amines) is 1. The Balaban J connectivity index is 1.42. The molecule has 2 unspecified atom stereocenters. The quantitative estimate of drug-likeness (QED) is 0.533. The van der Waals surface area contributed by atoms with E-state index in [0.717, 1.165) is 18.7 Å². The van der Waals surface area contributed by atoms with Crippen molar-refractivity contribution in [3.8, 4) is 0 Å². The van der Waals surface area contributed by atoms with Gasteiger partial charge in [0.15, 0.2) is 0 Å². The first-order valence-electron chi connectivity index (χ1n) is 12.3. The van der Waals surface area contributed by atoms with Crippen LogP contribution in [0.2, 0.25) is 0 Å². The van der Waals surface area contributed by atoms with Crippen molar-refractivity contribution < 1.29 is 14.0 Å². The molecule has 2 amide bonds. The number of hydrogen-bond donors (Lipinski definition) is 1. The molecule has 5 rings (SSSR count). The number of nitrogens with one attached hydrogen (secondary N) is 1. The fourth-order valence-electron chi connectivity index (χ4n) is 5.03. The Hall–Kier alpha value is -3.14. The van der Waals surface area contributed by atoms with Gasteiger partial charge in [0.2, 0.25) is 5.91 Å². The van der Waals surface area contributed by atoms with E-state index in [1.807, 2.05) is 11.0 Å². The molecule has 188 valence electrons. The van der Waals surface area contributed by atoms with Crippen molar-refractivity contribution in [2.75, 3.05) is 32.7 Å². The third-order valence-electron chi connectivity index (χ3n) is 6.92. The summed E-state index contributed by atoms with van der Waals surface area (Å²) < 4.78 is 13.5. The van der Waals surface area contributed by atoms with Crippen molar-refractivity contribution in [1.29, 1.82) is 0 Å². The fraction of sp³-hybridized carbons (Fsp3) is 0.370. The van der Waals surface area contributed by atoms with Gasteiger partial charge in [-0.3, -0.25) is 19.5 Å². The van der Waals surface area contributed by atoms with Gasteiger partial charge in [0.25, 0.3) is 5.91 Å². The average molecular weight is 508 g/mol. The summed E-state index contributed by atoms with van der Waals surface area (Å²) in [6.07, 6.45) is 3.75. The fourth-order valence-corrected chi connectivity index (χ4v) is 5.76. The molecule has 2 aliphatic heterocycles. The number of thiophene rings is 1. The van der Waals surface area contributed by atoms with Gasteiger partial charge in [-0.25, -0.2) is 4.39 Å². The number of piperazine rings is 1. The van der Waals surface area contributed by atoms with Crippen LogP contribution in [0.3, 0.4) is 0 Å². The largest absolute Gasteiger partial charge is 0.338 e. The van der Waals surface area contributed by atoms with Crippen molar-refractivity contribution in [2.24, 2.45) is 0 Å². The lowest BCUT2D eigenvalue weighted by Crippen LogP contribution is -2.53. The molecule has 2 saturated heterocycles. The number of amides is 2. The predicted octanol–water partition coefficient (Wildman–Crippen LogP) is 3.00. The number of hydrogen-bond acceptors (Lipinski definition) is 6. The zero-order chi connectivity index (χ0) is 24.9. The van der Waals surface area contributed by atoms with Gasteiger partial charge in [0, 0.05) is 69.1 Å². The van der Waals surface area contributed by atoms with Gasteiger partial charge in [0.1, 0.15) is 11.9 Å². The highest BCUT2D eigenvalue weighted by Crippen LogP contribution is 2.29. The molecular formula is C27H30FN5O2S. The molecule has 36 heavy (non-hydrogen) atoms. The Labute approximate surface area is 214 Å². The third kappa shape index (κ3) is 5.64. The Kier molecular flexibility index (Phi) is 7.69. The monoisotopic (exact) mass is 507 g/mol. The SMILES string of the molecule is O=C(C1CC(N(Cc2ccc(F)cc2)Cc2cccs2)CN1C(=O)c1cccnc1)N1CCNCC1. The van der Waals surface area contributed by atoms with E-state index in [0.29, 0.717) is 44.7 Å². The average Bonchev–Trinajstić information content (AvgIpc) is 3.60. The molecule has 1 aromatic carbocycles. The zero-order valence-electron chi connectivity index (χ0n) is 20.1. The highest BCUT2D eigenvalue weighted by Gasteiger charge is 2.43. The molecule has 0 radical (unpaired) electrons. The molecule has 0 spiro atoms. The number of pyridine rings is 1. The maximum Gasteiger partial charge on any atom is 0.256 e. The van der Waals surface area contributed by atoms with Crippen LogP contribution in [0.4, 0.5) is 4.39 Å².